The molecule has 3 atom stereocenters. The number of nitrogens with one attached hydrogen (secondary N) is 1. The smallest absolute Gasteiger partial charge is 0.325 e. The van der Waals surface area contributed by atoms with Gasteiger partial charge in [-0.3, -0.25) is 14.9 Å². The number of carbonyl (C=O) groups excluding carboxylic acids is 1. The van der Waals surface area contributed by atoms with Crippen LogP contribution >= 0.6 is 0 Å². The van der Waals surface area contributed by atoms with Gasteiger partial charge in [0.1, 0.15) is 11.9 Å². The van der Waals surface area contributed by atoms with Crippen molar-refractivity contribution < 1.29 is 19.4 Å². The predicted molar refractivity (Wildman–Crippen MR) is 140 cm³/mol. The van der Waals surface area contributed by atoms with Gasteiger partial charge in [0.15, 0.2) is 0 Å². The Morgan fingerprint density at radius 3 is 2.50 bits per heavy atom. The highest BCUT2D eigenvalue weighted by Gasteiger charge is 2.25. The van der Waals surface area contributed by atoms with Gasteiger partial charge < -0.3 is 23.7 Å². The number of fused-ring (bicyclic) bond motifs is 1. The Bertz CT molecular complexity index is 1230. The molecule has 3 aromatic rings. The van der Waals surface area contributed by atoms with Crippen LogP contribution in [0.3, 0.4) is 0 Å². The van der Waals surface area contributed by atoms with Crippen molar-refractivity contribution in [2.75, 3.05) is 20.3 Å². The predicted octanol–water partition coefficient (Wildman–Crippen LogP) is 2.96. The van der Waals surface area contributed by atoms with Gasteiger partial charge in [-0.15, -0.1) is 0 Å². The average molecular weight is 499 g/mol. The summed E-state index contributed by atoms with van der Waals surface area (Å²) in [6.45, 7) is 10.5. The topological polar surface area (TPSA) is 108 Å². The minimum atomic E-state index is -0.901. The molecule has 3 rings (SSSR count). The number of esters is 1. The van der Waals surface area contributed by atoms with Gasteiger partial charge >= 0.3 is 5.97 Å². The summed E-state index contributed by atoms with van der Waals surface area (Å²) in [5.74, 6) is 0.494. The number of aliphatic hydroxyl groups excluding tert-OH is 1. The van der Waals surface area contributed by atoms with E-state index in [4.69, 9.17) is 14.5 Å². The van der Waals surface area contributed by atoms with E-state index in [1.807, 2.05) is 38.1 Å². The molecule has 2 N–H and O–H groups in total. The third-order valence-electron chi connectivity index (χ3n) is 6.04. The summed E-state index contributed by atoms with van der Waals surface area (Å²) in [6, 6.07) is 6.97. The first-order valence-electron chi connectivity index (χ1n) is 12.3. The number of hydrogen-bond acceptors (Lipinski definition) is 7. The second kappa shape index (κ2) is 11.8. The lowest BCUT2D eigenvalue weighted by molar-refractivity contribution is -0.150. The van der Waals surface area contributed by atoms with Gasteiger partial charge in [-0.05, 0) is 50.5 Å². The number of aryl methyl sites for hydroxylation is 2. The van der Waals surface area contributed by atoms with Gasteiger partial charge in [-0.1, -0.05) is 19.9 Å². The molecule has 0 saturated carbocycles. The highest BCUT2D eigenvalue weighted by molar-refractivity contribution is 5.81. The summed E-state index contributed by atoms with van der Waals surface area (Å²) in [4.78, 5) is 29.6. The van der Waals surface area contributed by atoms with Crippen molar-refractivity contribution in [2.45, 2.75) is 59.4 Å². The van der Waals surface area contributed by atoms with Crippen LogP contribution in [0.15, 0.2) is 35.3 Å². The molecule has 0 amide bonds. The molecule has 9 nitrogen and oxygen atoms in total. The van der Waals surface area contributed by atoms with Crippen LogP contribution in [-0.2, 0) is 27.9 Å². The molecule has 0 radical (unpaired) electrons. The standard InChI is InChI=1S/C27H38N4O5/c1-16(2)14-36-27(34)24(19(5)32)28-12-20-8-9-23-22(11-20)29-25(31(23)18(4)15-35-7)21-10-17(3)26(33)30(6)13-21/h8-11,13,16,18-19,24,28,32H,12,14-15H2,1-7H3. The van der Waals surface area contributed by atoms with Crippen molar-refractivity contribution in [3.8, 4) is 11.4 Å². The van der Waals surface area contributed by atoms with E-state index >= 15 is 0 Å². The summed E-state index contributed by atoms with van der Waals surface area (Å²) in [5.41, 5.74) is 4.08. The van der Waals surface area contributed by atoms with Gasteiger partial charge in [-0.25, -0.2) is 4.98 Å². The van der Waals surface area contributed by atoms with Crippen molar-refractivity contribution in [3.63, 3.8) is 0 Å². The molecule has 0 fully saturated rings. The lowest BCUT2D eigenvalue weighted by Gasteiger charge is -2.21. The van der Waals surface area contributed by atoms with Crippen LogP contribution in [0.1, 0.15) is 44.9 Å². The summed E-state index contributed by atoms with van der Waals surface area (Å²) in [6.07, 6.45) is 0.896. The summed E-state index contributed by atoms with van der Waals surface area (Å²) in [5, 5.41) is 13.2. The first-order chi connectivity index (χ1) is 17.0. The van der Waals surface area contributed by atoms with E-state index in [1.54, 1.807) is 38.8 Å². The molecule has 0 aliphatic rings. The molecule has 9 heteroatoms. The molecular formula is C27H38N4O5. The monoisotopic (exact) mass is 498 g/mol. The van der Waals surface area contributed by atoms with Gasteiger partial charge in [0.25, 0.3) is 5.56 Å². The SMILES string of the molecule is COCC(C)n1c(-c2cc(C)c(=O)n(C)c2)nc2cc(CNC(C(=O)OCC(C)C)C(C)O)ccc21. The summed E-state index contributed by atoms with van der Waals surface area (Å²) in [7, 11) is 3.40. The molecule has 3 unspecified atom stereocenters. The molecule has 0 saturated heterocycles. The van der Waals surface area contributed by atoms with Gasteiger partial charge in [0.05, 0.1) is 36.4 Å². The van der Waals surface area contributed by atoms with Crippen molar-refractivity contribution in [1.29, 1.82) is 0 Å². The number of pyridine rings is 1. The van der Waals surface area contributed by atoms with Gasteiger partial charge in [0, 0.05) is 38.0 Å². The highest BCUT2D eigenvalue weighted by atomic mass is 16.5. The molecule has 2 heterocycles. The third kappa shape index (κ3) is 6.21. The van der Waals surface area contributed by atoms with E-state index in [1.165, 1.54) is 0 Å². The average Bonchev–Trinajstić information content (AvgIpc) is 3.20. The van der Waals surface area contributed by atoms with E-state index in [-0.39, 0.29) is 17.5 Å². The number of nitrogens with zero attached hydrogens (tertiary/aromatic N) is 3. The fourth-order valence-electron chi connectivity index (χ4n) is 4.24. The van der Waals surface area contributed by atoms with Crippen LogP contribution in [0, 0.1) is 12.8 Å². The molecule has 0 aliphatic carbocycles. The number of imidazole rings is 1. The number of carbonyl (C=O) groups is 1. The molecule has 2 aromatic heterocycles. The second-order valence-electron chi connectivity index (χ2n) is 9.88. The Morgan fingerprint density at radius 2 is 1.89 bits per heavy atom. The Kier molecular flexibility index (Phi) is 9.05. The first-order valence-corrected chi connectivity index (χ1v) is 12.3. The Balaban J connectivity index is 1.95. The fourth-order valence-corrected chi connectivity index (χ4v) is 4.24. The molecule has 0 aliphatic heterocycles. The van der Waals surface area contributed by atoms with Crippen LogP contribution in [0.2, 0.25) is 0 Å². The van der Waals surface area contributed by atoms with Crippen LogP contribution in [0.25, 0.3) is 22.4 Å². The quantitative estimate of drug-likeness (QED) is 0.391. The van der Waals surface area contributed by atoms with E-state index in [0.717, 1.165) is 28.0 Å². The van der Waals surface area contributed by atoms with Crippen LogP contribution in [-0.4, -0.2) is 57.7 Å². The maximum absolute atomic E-state index is 12.4. The summed E-state index contributed by atoms with van der Waals surface area (Å²) >= 11 is 0. The number of aliphatic hydroxyl groups is 1. The lowest BCUT2D eigenvalue weighted by Crippen LogP contribution is -2.45. The van der Waals surface area contributed by atoms with Crippen molar-refractivity contribution in [3.05, 3.63) is 51.9 Å². The molecular weight excluding hydrogens is 460 g/mol. The molecule has 1 aromatic carbocycles. The lowest BCUT2D eigenvalue weighted by atomic mass is 10.1. The van der Waals surface area contributed by atoms with E-state index in [0.29, 0.717) is 25.3 Å². The van der Waals surface area contributed by atoms with Gasteiger partial charge in [0.2, 0.25) is 0 Å². The maximum Gasteiger partial charge on any atom is 0.325 e. The number of benzene rings is 1. The van der Waals surface area contributed by atoms with Crippen LogP contribution < -0.4 is 10.9 Å². The Hall–Kier alpha value is -3.01. The van der Waals surface area contributed by atoms with E-state index in [9.17, 15) is 14.7 Å². The third-order valence-corrected chi connectivity index (χ3v) is 6.04. The number of rotatable bonds is 11. The number of methoxy groups -OCH3 is 1. The first kappa shape index (κ1) is 27.6. The highest BCUT2D eigenvalue weighted by Crippen LogP contribution is 2.29. The Morgan fingerprint density at radius 1 is 1.17 bits per heavy atom. The van der Waals surface area contributed by atoms with E-state index < -0.39 is 18.1 Å². The molecule has 0 spiro atoms. The maximum atomic E-state index is 12.4. The molecule has 0 bridgehead atoms. The van der Waals surface area contributed by atoms with Crippen molar-refractivity contribution in [1.82, 2.24) is 19.4 Å². The Labute approximate surface area is 212 Å². The fraction of sp³-hybridized carbons (Fsp3) is 0.519. The van der Waals surface area contributed by atoms with E-state index in [2.05, 4.69) is 16.8 Å². The molecule has 36 heavy (non-hydrogen) atoms. The van der Waals surface area contributed by atoms with Crippen molar-refractivity contribution >= 4 is 17.0 Å². The number of aromatic nitrogens is 3. The number of hydrogen-bond donors (Lipinski definition) is 2. The minimum Gasteiger partial charge on any atom is -0.464 e. The normalized spacial score (nSPS) is 14.2. The van der Waals surface area contributed by atoms with Crippen molar-refractivity contribution in [2.24, 2.45) is 13.0 Å². The number of ether oxygens (including phenoxy) is 2. The molecule has 196 valence electrons. The minimum absolute atomic E-state index is 0.00635. The second-order valence-corrected chi connectivity index (χ2v) is 9.88. The summed E-state index contributed by atoms with van der Waals surface area (Å²) < 4.78 is 14.4. The van der Waals surface area contributed by atoms with Crippen LogP contribution in [0.4, 0.5) is 0 Å². The largest absolute Gasteiger partial charge is 0.464 e. The zero-order chi connectivity index (χ0) is 26.6. The zero-order valence-electron chi connectivity index (χ0n) is 22.2. The zero-order valence-corrected chi connectivity index (χ0v) is 22.2. The van der Waals surface area contributed by atoms with Gasteiger partial charge in [-0.2, -0.15) is 0 Å². The van der Waals surface area contributed by atoms with Crippen LogP contribution in [0.5, 0.6) is 0 Å².